The minimum Gasteiger partial charge on any atom is -0.347 e. The second-order valence-electron chi connectivity index (χ2n) is 6.48. The Morgan fingerprint density at radius 1 is 0.966 bits per heavy atom. The number of hydrogen-bond acceptors (Lipinski definition) is 4. The molecule has 0 radical (unpaired) electrons. The third-order valence-corrected chi connectivity index (χ3v) is 4.41. The van der Waals surface area contributed by atoms with Crippen LogP contribution in [0.3, 0.4) is 0 Å². The number of pyridine rings is 1. The summed E-state index contributed by atoms with van der Waals surface area (Å²) in [7, 11) is 0. The van der Waals surface area contributed by atoms with E-state index in [9.17, 15) is 18.8 Å². The van der Waals surface area contributed by atoms with E-state index in [1.807, 2.05) is 36.4 Å². The third kappa shape index (κ3) is 5.22. The molecule has 0 aliphatic carbocycles. The summed E-state index contributed by atoms with van der Waals surface area (Å²) in [5.74, 6) is -1.72. The van der Waals surface area contributed by atoms with Gasteiger partial charge in [0.2, 0.25) is 5.91 Å². The van der Waals surface area contributed by atoms with Crippen molar-refractivity contribution < 1.29 is 18.8 Å². The molecule has 0 bridgehead atoms. The van der Waals surface area contributed by atoms with Crippen molar-refractivity contribution in [3.8, 4) is 0 Å². The minimum atomic E-state index is -1.15. The van der Waals surface area contributed by atoms with Crippen molar-refractivity contribution in [3.05, 3.63) is 78.0 Å². The van der Waals surface area contributed by atoms with E-state index in [0.29, 0.717) is 16.5 Å². The molecule has 2 N–H and O–H groups in total. The maximum atomic E-state index is 12.9. The van der Waals surface area contributed by atoms with Crippen LogP contribution in [-0.2, 0) is 16.0 Å². The fourth-order valence-corrected chi connectivity index (χ4v) is 2.95. The molecule has 7 heteroatoms. The average molecular weight is 393 g/mol. The molecule has 0 aliphatic heterocycles. The number of ketones is 1. The lowest BCUT2D eigenvalue weighted by molar-refractivity contribution is -0.126. The van der Waals surface area contributed by atoms with Gasteiger partial charge in [-0.05, 0) is 17.7 Å². The predicted octanol–water partition coefficient (Wildman–Crippen LogP) is 2.23. The second kappa shape index (κ2) is 9.54. The van der Waals surface area contributed by atoms with Crippen LogP contribution in [0.2, 0.25) is 0 Å². The summed E-state index contributed by atoms with van der Waals surface area (Å²) in [6.07, 6.45) is 1.76. The number of Topliss-reactive ketones (excluding diaryl/α,β-unsaturated/α-hetero) is 1. The van der Waals surface area contributed by atoms with Crippen molar-refractivity contribution in [2.75, 3.05) is 13.2 Å². The Hall–Kier alpha value is -3.61. The summed E-state index contributed by atoms with van der Waals surface area (Å²) in [6, 6.07) is 17.0. The van der Waals surface area contributed by atoms with Crippen molar-refractivity contribution in [3.63, 3.8) is 0 Å². The molecule has 6 nitrogen and oxygen atoms in total. The number of hydrogen-bond donors (Lipinski definition) is 2. The monoisotopic (exact) mass is 393 g/mol. The molecule has 3 aromatic rings. The number of amides is 2. The summed E-state index contributed by atoms with van der Waals surface area (Å²) in [4.78, 5) is 40.9. The minimum absolute atomic E-state index is 0.227. The van der Waals surface area contributed by atoms with Crippen molar-refractivity contribution in [2.45, 2.75) is 12.5 Å². The molecule has 1 aromatic heterocycles. The summed E-state index contributed by atoms with van der Waals surface area (Å²) < 4.78 is 12.4. The van der Waals surface area contributed by atoms with Crippen LogP contribution in [0.25, 0.3) is 10.9 Å². The highest BCUT2D eigenvalue weighted by molar-refractivity contribution is 6.07. The highest BCUT2D eigenvalue weighted by Gasteiger charge is 2.23. The first-order chi connectivity index (χ1) is 14.1. The van der Waals surface area contributed by atoms with Gasteiger partial charge in [0.25, 0.3) is 5.91 Å². The van der Waals surface area contributed by atoms with Crippen molar-refractivity contribution in [2.24, 2.45) is 0 Å². The molecule has 1 atom stereocenters. The maximum Gasteiger partial charge on any atom is 0.252 e. The second-order valence-corrected chi connectivity index (χ2v) is 6.48. The van der Waals surface area contributed by atoms with Gasteiger partial charge in [-0.25, -0.2) is 4.39 Å². The third-order valence-electron chi connectivity index (χ3n) is 4.41. The van der Waals surface area contributed by atoms with Gasteiger partial charge in [0.05, 0.1) is 17.6 Å². The standard InChI is InChI=1S/C22H20FN3O3/c23-13-16(27)14-25-22(29)20(12-15-6-2-1-3-7-15)26-21(28)18-10-11-24-19-9-5-4-8-17(18)19/h1-11,20H,12-14H2,(H,25,29)(H,26,28)/t20-/m0/s1. The Bertz CT molecular complexity index is 1020. The number of benzene rings is 2. The van der Waals surface area contributed by atoms with Crippen LogP contribution >= 0.6 is 0 Å². The zero-order chi connectivity index (χ0) is 20.6. The molecule has 2 amide bonds. The van der Waals surface area contributed by atoms with Crippen LogP contribution in [-0.4, -0.2) is 41.8 Å². The van der Waals surface area contributed by atoms with Gasteiger partial charge in [-0.2, -0.15) is 0 Å². The van der Waals surface area contributed by atoms with Crippen molar-refractivity contribution >= 4 is 28.5 Å². The highest BCUT2D eigenvalue weighted by atomic mass is 19.1. The topological polar surface area (TPSA) is 88.2 Å². The summed E-state index contributed by atoms with van der Waals surface area (Å²) in [5, 5.41) is 5.79. The Labute approximate surface area is 167 Å². The van der Waals surface area contributed by atoms with Gasteiger partial charge >= 0.3 is 0 Å². The summed E-state index contributed by atoms with van der Waals surface area (Å²) in [6.45, 7) is -1.58. The summed E-state index contributed by atoms with van der Waals surface area (Å²) in [5.41, 5.74) is 1.89. The first-order valence-electron chi connectivity index (χ1n) is 9.12. The molecule has 2 aromatic carbocycles. The van der Waals surface area contributed by atoms with Gasteiger partial charge in [-0.1, -0.05) is 48.5 Å². The van der Waals surface area contributed by atoms with Gasteiger partial charge < -0.3 is 10.6 Å². The number of rotatable bonds is 8. The van der Waals surface area contributed by atoms with Gasteiger partial charge in [0.1, 0.15) is 12.7 Å². The van der Waals surface area contributed by atoms with Crippen LogP contribution in [0.4, 0.5) is 4.39 Å². The molecular formula is C22H20FN3O3. The predicted molar refractivity (Wildman–Crippen MR) is 107 cm³/mol. The van der Waals surface area contributed by atoms with Crippen LogP contribution in [0.15, 0.2) is 66.9 Å². The number of nitrogens with one attached hydrogen (secondary N) is 2. The zero-order valence-corrected chi connectivity index (χ0v) is 15.6. The van der Waals surface area contributed by atoms with E-state index in [0.717, 1.165) is 5.56 Å². The largest absolute Gasteiger partial charge is 0.347 e. The number of nitrogens with zero attached hydrogens (tertiary/aromatic N) is 1. The van der Waals surface area contributed by atoms with E-state index in [4.69, 9.17) is 0 Å². The zero-order valence-electron chi connectivity index (χ0n) is 15.6. The number of carbonyl (C=O) groups excluding carboxylic acids is 3. The fourth-order valence-electron chi connectivity index (χ4n) is 2.95. The molecule has 0 saturated carbocycles. The van der Waals surface area contributed by atoms with Gasteiger partial charge in [0.15, 0.2) is 5.78 Å². The lowest BCUT2D eigenvalue weighted by Gasteiger charge is -2.19. The van der Waals surface area contributed by atoms with Crippen molar-refractivity contribution in [1.29, 1.82) is 0 Å². The Morgan fingerprint density at radius 3 is 2.45 bits per heavy atom. The molecule has 0 fully saturated rings. The molecule has 0 saturated heterocycles. The maximum absolute atomic E-state index is 12.9. The first-order valence-corrected chi connectivity index (χ1v) is 9.12. The lowest BCUT2D eigenvalue weighted by atomic mass is 10.0. The van der Waals surface area contributed by atoms with Crippen molar-refractivity contribution in [1.82, 2.24) is 15.6 Å². The Balaban J connectivity index is 1.82. The van der Waals surface area contributed by atoms with Crippen LogP contribution in [0, 0.1) is 0 Å². The van der Waals surface area contributed by atoms with Gasteiger partial charge in [0, 0.05) is 18.0 Å². The number of para-hydroxylation sites is 1. The smallest absolute Gasteiger partial charge is 0.252 e. The summed E-state index contributed by atoms with van der Waals surface area (Å²) >= 11 is 0. The molecule has 3 rings (SSSR count). The molecule has 1 heterocycles. The normalized spacial score (nSPS) is 11.6. The van der Waals surface area contributed by atoms with Crippen LogP contribution < -0.4 is 10.6 Å². The Kier molecular flexibility index (Phi) is 6.63. The molecule has 0 unspecified atom stereocenters. The quantitative estimate of drug-likeness (QED) is 0.614. The van der Waals surface area contributed by atoms with Gasteiger partial charge in [-0.3, -0.25) is 19.4 Å². The van der Waals surface area contributed by atoms with E-state index in [1.54, 1.807) is 24.3 Å². The highest BCUT2D eigenvalue weighted by Crippen LogP contribution is 2.16. The van der Waals surface area contributed by atoms with E-state index >= 15 is 0 Å². The number of alkyl halides is 1. The lowest BCUT2D eigenvalue weighted by Crippen LogP contribution is -2.49. The van der Waals surface area contributed by atoms with E-state index in [1.165, 1.54) is 6.20 Å². The SMILES string of the molecule is O=C(CF)CNC(=O)[C@H](Cc1ccccc1)NC(=O)c1ccnc2ccccc12. The molecular weight excluding hydrogens is 373 g/mol. The van der Waals surface area contributed by atoms with Crippen LogP contribution in [0.5, 0.6) is 0 Å². The number of fused-ring (bicyclic) bond motifs is 1. The van der Waals surface area contributed by atoms with E-state index in [-0.39, 0.29) is 6.42 Å². The number of halogens is 1. The van der Waals surface area contributed by atoms with Crippen LogP contribution in [0.1, 0.15) is 15.9 Å². The average Bonchev–Trinajstić information content (AvgIpc) is 2.76. The van der Waals surface area contributed by atoms with E-state index in [2.05, 4.69) is 15.6 Å². The number of carbonyl (C=O) groups is 3. The molecule has 148 valence electrons. The first kappa shape index (κ1) is 20.1. The fraction of sp³-hybridized carbons (Fsp3) is 0.182. The molecule has 29 heavy (non-hydrogen) atoms. The van der Waals surface area contributed by atoms with E-state index < -0.39 is 36.9 Å². The number of aromatic nitrogens is 1. The molecule has 0 spiro atoms. The Morgan fingerprint density at radius 2 is 1.69 bits per heavy atom. The van der Waals surface area contributed by atoms with Gasteiger partial charge in [-0.15, -0.1) is 0 Å². The molecule has 0 aliphatic rings.